The molecule has 2 aromatic carbocycles. The quantitative estimate of drug-likeness (QED) is 0.545. The average molecular weight is 336 g/mol. The zero-order chi connectivity index (χ0) is 17.4. The van der Waals surface area contributed by atoms with Crippen molar-refractivity contribution in [1.82, 2.24) is 9.55 Å². The van der Waals surface area contributed by atoms with Gasteiger partial charge in [-0.05, 0) is 33.1 Å². The van der Waals surface area contributed by atoms with Crippen LogP contribution < -0.4 is 4.74 Å². The summed E-state index contributed by atoms with van der Waals surface area (Å²) in [5.74, 6) is 1.08. The second-order valence-corrected chi connectivity index (χ2v) is 7.91. The molecule has 1 aromatic heterocycles. The molecule has 0 spiro atoms. The zero-order valence-corrected chi connectivity index (χ0v) is 15.6. The number of fused-ring (bicyclic) bond motifs is 6. The highest BCUT2D eigenvalue weighted by molar-refractivity contribution is 6.09. The third kappa shape index (κ3) is 2.90. The van der Waals surface area contributed by atoms with Gasteiger partial charge in [0.15, 0.2) is 0 Å². The largest absolute Gasteiger partial charge is 0.487 e. The van der Waals surface area contributed by atoms with Gasteiger partial charge in [0, 0.05) is 22.9 Å². The molecule has 0 bridgehead atoms. The van der Waals surface area contributed by atoms with Crippen LogP contribution in [0, 0.1) is 0 Å². The van der Waals surface area contributed by atoms with Gasteiger partial charge in [0.05, 0.1) is 17.4 Å². The van der Waals surface area contributed by atoms with E-state index in [2.05, 4.69) is 49.6 Å². The predicted octanol–water partition coefficient (Wildman–Crippen LogP) is 5.87. The molecule has 0 saturated heterocycles. The van der Waals surface area contributed by atoms with Crippen molar-refractivity contribution in [2.45, 2.75) is 71.4 Å². The summed E-state index contributed by atoms with van der Waals surface area (Å²) in [6.07, 6.45) is 9.23. The molecular weight excluding hydrogens is 308 g/mol. The van der Waals surface area contributed by atoms with Crippen molar-refractivity contribution in [3.8, 4) is 5.75 Å². The van der Waals surface area contributed by atoms with Crippen LogP contribution in [-0.4, -0.2) is 15.2 Å². The Kier molecular flexibility index (Phi) is 4.18. The molecule has 1 aliphatic heterocycles. The first-order chi connectivity index (χ1) is 12.1. The van der Waals surface area contributed by atoms with Gasteiger partial charge in [0.2, 0.25) is 0 Å². The standard InChI is InChI=1S/C22H28N2O/c1-4-5-6-9-14-24-15-23-19-16-10-7-8-11-17(16)21-18(20(19)24)12-13-22(2,3)25-21/h7-8,10-11,15H,4-6,9,12-14H2,1-3H3. The van der Waals surface area contributed by atoms with Gasteiger partial charge in [-0.1, -0.05) is 50.5 Å². The molecule has 3 aromatic rings. The van der Waals surface area contributed by atoms with E-state index in [9.17, 15) is 0 Å². The van der Waals surface area contributed by atoms with Crippen LogP contribution in [0.4, 0.5) is 0 Å². The Labute approximate surface area is 150 Å². The Morgan fingerprint density at radius 1 is 1.12 bits per heavy atom. The number of ether oxygens (including phenoxy) is 1. The van der Waals surface area contributed by atoms with E-state index in [1.165, 1.54) is 47.5 Å². The lowest BCUT2D eigenvalue weighted by molar-refractivity contribution is 0.0873. The maximum atomic E-state index is 6.47. The molecule has 3 nitrogen and oxygen atoms in total. The molecule has 1 aliphatic rings. The van der Waals surface area contributed by atoms with Gasteiger partial charge >= 0.3 is 0 Å². The van der Waals surface area contributed by atoms with Gasteiger partial charge in [-0.2, -0.15) is 0 Å². The molecule has 0 aliphatic carbocycles. The summed E-state index contributed by atoms with van der Waals surface area (Å²) in [4.78, 5) is 4.80. The number of imidazole rings is 1. The minimum atomic E-state index is -0.102. The molecule has 0 N–H and O–H groups in total. The fourth-order valence-corrected chi connectivity index (χ4v) is 4.03. The van der Waals surface area contributed by atoms with E-state index in [0.717, 1.165) is 30.7 Å². The van der Waals surface area contributed by atoms with Gasteiger partial charge in [0.1, 0.15) is 11.4 Å². The van der Waals surface area contributed by atoms with Crippen LogP contribution in [0.5, 0.6) is 5.75 Å². The fourth-order valence-electron chi connectivity index (χ4n) is 4.03. The van der Waals surface area contributed by atoms with E-state index in [1.54, 1.807) is 0 Å². The first-order valence-electron chi connectivity index (χ1n) is 9.68. The minimum absolute atomic E-state index is 0.102. The lowest BCUT2D eigenvalue weighted by Gasteiger charge is -2.34. The molecule has 132 valence electrons. The minimum Gasteiger partial charge on any atom is -0.487 e. The van der Waals surface area contributed by atoms with Gasteiger partial charge in [-0.3, -0.25) is 0 Å². The van der Waals surface area contributed by atoms with E-state index in [-0.39, 0.29) is 5.60 Å². The number of rotatable bonds is 5. The Balaban J connectivity index is 1.87. The van der Waals surface area contributed by atoms with E-state index < -0.39 is 0 Å². The molecule has 0 fully saturated rings. The smallest absolute Gasteiger partial charge is 0.133 e. The number of benzene rings is 2. The fraction of sp³-hybridized carbons (Fsp3) is 0.500. The van der Waals surface area contributed by atoms with Gasteiger partial charge in [0.25, 0.3) is 0 Å². The van der Waals surface area contributed by atoms with Crippen LogP contribution >= 0.6 is 0 Å². The normalized spacial score (nSPS) is 16.1. The Morgan fingerprint density at radius 3 is 2.72 bits per heavy atom. The van der Waals surface area contributed by atoms with Crippen molar-refractivity contribution in [3.63, 3.8) is 0 Å². The van der Waals surface area contributed by atoms with E-state index in [4.69, 9.17) is 9.72 Å². The van der Waals surface area contributed by atoms with E-state index in [1.807, 2.05) is 6.33 Å². The summed E-state index contributed by atoms with van der Waals surface area (Å²) < 4.78 is 8.83. The molecular formula is C22H28N2O. The molecule has 0 radical (unpaired) electrons. The molecule has 25 heavy (non-hydrogen) atoms. The first kappa shape index (κ1) is 16.4. The second-order valence-electron chi connectivity index (χ2n) is 7.91. The maximum Gasteiger partial charge on any atom is 0.133 e. The summed E-state index contributed by atoms with van der Waals surface area (Å²) in [6, 6.07) is 8.55. The molecule has 0 amide bonds. The maximum absolute atomic E-state index is 6.47. The van der Waals surface area contributed by atoms with E-state index in [0.29, 0.717) is 0 Å². The van der Waals surface area contributed by atoms with Crippen molar-refractivity contribution in [2.75, 3.05) is 0 Å². The van der Waals surface area contributed by atoms with Crippen molar-refractivity contribution < 1.29 is 4.74 Å². The Hall–Kier alpha value is -2.03. The number of unbranched alkanes of at least 4 members (excludes halogenated alkanes) is 3. The van der Waals surface area contributed by atoms with Gasteiger partial charge < -0.3 is 9.30 Å². The predicted molar refractivity (Wildman–Crippen MR) is 104 cm³/mol. The number of nitrogens with zero attached hydrogens (tertiary/aromatic N) is 2. The molecule has 4 rings (SSSR count). The van der Waals surface area contributed by atoms with Crippen LogP contribution in [-0.2, 0) is 13.0 Å². The molecule has 3 heteroatoms. The summed E-state index contributed by atoms with van der Waals surface area (Å²) in [5, 5.41) is 2.41. The summed E-state index contributed by atoms with van der Waals surface area (Å²) in [6.45, 7) is 7.69. The lowest BCUT2D eigenvalue weighted by Crippen LogP contribution is -2.33. The Morgan fingerprint density at radius 2 is 1.92 bits per heavy atom. The Bertz CT molecular complexity index is 907. The summed E-state index contributed by atoms with van der Waals surface area (Å²) >= 11 is 0. The average Bonchev–Trinajstić information content (AvgIpc) is 3.02. The third-order valence-electron chi connectivity index (χ3n) is 5.43. The zero-order valence-electron chi connectivity index (χ0n) is 15.6. The summed E-state index contributed by atoms with van der Waals surface area (Å²) in [7, 11) is 0. The number of aryl methyl sites for hydroxylation is 2. The van der Waals surface area contributed by atoms with E-state index >= 15 is 0 Å². The molecule has 0 atom stereocenters. The lowest BCUT2D eigenvalue weighted by atomic mass is 9.91. The van der Waals surface area contributed by atoms with Gasteiger partial charge in [-0.25, -0.2) is 4.98 Å². The van der Waals surface area contributed by atoms with Crippen LogP contribution in [0.25, 0.3) is 21.8 Å². The molecule has 0 unspecified atom stereocenters. The monoisotopic (exact) mass is 336 g/mol. The number of aromatic nitrogens is 2. The van der Waals surface area contributed by atoms with Crippen LogP contribution in [0.1, 0.15) is 58.4 Å². The van der Waals surface area contributed by atoms with Crippen LogP contribution in [0.2, 0.25) is 0 Å². The van der Waals surface area contributed by atoms with Crippen molar-refractivity contribution in [2.24, 2.45) is 0 Å². The van der Waals surface area contributed by atoms with Gasteiger partial charge in [-0.15, -0.1) is 0 Å². The second kappa shape index (κ2) is 6.36. The SMILES string of the molecule is CCCCCCn1cnc2c3ccccc3c3c(c21)CCC(C)(C)O3. The van der Waals surface area contributed by atoms with Crippen molar-refractivity contribution in [3.05, 3.63) is 36.2 Å². The molecule has 0 saturated carbocycles. The van der Waals surface area contributed by atoms with Crippen molar-refractivity contribution in [1.29, 1.82) is 0 Å². The number of hydrogen-bond acceptors (Lipinski definition) is 2. The van der Waals surface area contributed by atoms with Crippen LogP contribution in [0.3, 0.4) is 0 Å². The number of hydrogen-bond donors (Lipinski definition) is 0. The first-order valence-corrected chi connectivity index (χ1v) is 9.68. The van der Waals surface area contributed by atoms with Crippen molar-refractivity contribution >= 4 is 21.8 Å². The molecule has 2 heterocycles. The topological polar surface area (TPSA) is 27.1 Å². The highest BCUT2D eigenvalue weighted by Crippen LogP contribution is 2.43. The third-order valence-corrected chi connectivity index (χ3v) is 5.43. The summed E-state index contributed by atoms with van der Waals surface area (Å²) in [5.41, 5.74) is 3.67. The highest BCUT2D eigenvalue weighted by atomic mass is 16.5. The highest BCUT2D eigenvalue weighted by Gasteiger charge is 2.31. The van der Waals surface area contributed by atoms with Crippen LogP contribution in [0.15, 0.2) is 30.6 Å².